The van der Waals surface area contributed by atoms with E-state index < -0.39 is 35.4 Å². The van der Waals surface area contributed by atoms with Gasteiger partial charge in [0.25, 0.3) is 0 Å². The molecular weight excluding hydrogens is 561 g/mol. The fourth-order valence-corrected chi connectivity index (χ4v) is 5.00. The van der Waals surface area contributed by atoms with Crippen LogP contribution in [-0.4, -0.2) is 70.0 Å². The van der Waals surface area contributed by atoms with E-state index in [1.165, 1.54) is 33.8 Å². The molecule has 224 valence electrons. The van der Waals surface area contributed by atoms with Crippen LogP contribution >= 0.6 is 0 Å². The van der Waals surface area contributed by atoms with Gasteiger partial charge in [0.2, 0.25) is 5.52 Å². The zero-order valence-electron chi connectivity index (χ0n) is 24.1. The summed E-state index contributed by atoms with van der Waals surface area (Å²) in [5.74, 6) is -2.95. The third kappa shape index (κ3) is 5.94. The smallest absolute Gasteiger partial charge is 0.410 e. The molecule has 0 aliphatic carbocycles. The van der Waals surface area contributed by atoms with Gasteiger partial charge >= 0.3 is 29.4 Å². The highest BCUT2D eigenvalue weighted by atomic mass is 19.1. The van der Waals surface area contributed by atoms with Crippen LogP contribution in [0, 0.1) is 11.0 Å². The highest BCUT2D eigenvalue weighted by molar-refractivity contribution is 6.09. The molecule has 1 atom stereocenters. The molecule has 5 rings (SSSR count). The number of fused-ring (bicyclic) bond motifs is 1. The number of rotatable bonds is 5. The van der Waals surface area contributed by atoms with E-state index in [0.29, 0.717) is 41.0 Å². The van der Waals surface area contributed by atoms with Gasteiger partial charge in [0, 0.05) is 12.6 Å². The monoisotopic (exact) mass is 592 g/mol. The Morgan fingerprint density at radius 2 is 1.95 bits per heavy atom. The lowest BCUT2D eigenvalue weighted by Gasteiger charge is -2.36. The van der Waals surface area contributed by atoms with Crippen LogP contribution in [0.4, 0.5) is 15.0 Å². The largest absolute Gasteiger partial charge is 0.711 e. The number of piperidine rings is 1. The van der Waals surface area contributed by atoms with Crippen molar-refractivity contribution in [1.29, 1.82) is 0 Å². The van der Waals surface area contributed by atoms with E-state index in [4.69, 9.17) is 9.47 Å². The van der Waals surface area contributed by atoms with Gasteiger partial charge in [-0.2, -0.15) is 4.90 Å². The predicted molar refractivity (Wildman–Crippen MR) is 150 cm³/mol. The Labute approximate surface area is 246 Å². The Morgan fingerprint density at radius 3 is 2.67 bits per heavy atom. The number of aromatic amines is 1. The van der Waals surface area contributed by atoms with Crippen molar-refractivity contribution in [3.05, 3.63) is 77.0 Å². The molecular formula is C29H31FN7O6+. The maximum atomic E-state index is 15.8. The Bertz CT molecular complexity index is 1700. The van der Waals surface area contributed by atoms with Crippen LogP contribution in [0.2, 0.25) is 0 Å². The number of nitrogens with one attached hydrogen (secondary N) is 1. The molecule has 1 aliphatic rings. The van der Waals surface area contributed by atoms with Crippen molar-refractivity contribution in [2.45, 2.75) is 45.3 Å². The van der Waals surface area contributed by atoms with E-state index in [1.807, 2.05) is 0 Å². The maximum Gasteiger partial charge on any atom is 0.410 e. The number of aromatic nitrogens is 5. The Morgan fingerprint density at radius 1 is 1.16 bits per heavy atom. The number of nitrogens with zero attached hydrogens (tertiary/aromatic N) is 6. The highest BCUT2D eigenvalue weighted by Crippen LogP contribution is 2.28. The summed E-state index contributed by atoms with van der Waals surface area (Å²) in [5.41, 5.74) is 0.0323. The maximum absolute atomic E-state index is 15.8. The first-order valence-corrected chi connectivity index (χ1v) is 13.6. The minimum absolute atomic E-state index is 0.0164. The molecule has 0 spiro atoms. The number of hydrogen-bond acceptors (Lipinski definition) is 8. The van der Waals surface area contributed by atoms with Crippen molar-refractivity contribution in [3.63, 3.8) is 0 Å². The number of ether oxygens (including phenoxy) is 2. The van der Waals surface area contributed by atoms with Crippen molar-refractivity contribution in [3.8, 4) is 5.69 Å². The quantitative estimate of drug-likeness (QED) is 0.211. The number of likely N-dealkylation sites (tertiary alicyclic amines) is 1. The molecule has 0 radical (unpaired) electrons. The van der Waals surface area contributed by atoms with Gasteiger partial charge in [0.1, 0.15) is 40.5 Å². The molecule has 13 nitrogen and oxygen atoms in total. The lowest BCUT2D eigenvalue weighted by molar-refractivity contribution is -0.636. The number of pyridine rings is 2. The summed E-state index contributed by atoms with van der Waals surface area (Å²) < 4.78 is 28.0. The average molecular weight is 593 g/mol. The third-order valence-corrected chi connectivity index (χ3v) is 6.89. The number of esters is 1. The standard InChI is InChI=1S/C29H30FN7O6/c1-29(2,3)43-28(40)34-14-6-8-19(17-34)36(25-21(27(39)42-4)9-7-15-35(25)41)26(38)20-12-11-18(16-22(20)30)37-24-23(32-33-37)10-5-13-31-24/h5,7,9-13,15-16,19H,6,8,14,17H2,1-4H3/p+1/t19-/m1/s1. The third-order valence-electron chi connectivity index (χ3n) is 6.89. The fourth-order valence-electron chi connectivity index (χ4n) is 5.00. The minimum atomic E-state index is -0.883. The number of amides is 2. The molecule has 0 bridgehead atoms. The highest BCUT2D eigenvalue weighted by Gasteiger charge is 2.43. The number of hydrogen-bond donors (Lipinski definition) is 1. The van der Waals surface area contributed by atoms with Crippen molar-refractivity contribution in [1.82, 2.24) is 20.2 Å². The average Bonchev–Trinajstić information content (AvgIpc) is 3.41. The van der Waals surface area contributed by atoms with E-state index in [2.05, 4.69) is 15.3 Å². The SMILES string of the molecule is COC(=O)c1ccc[n+]([O-])c1N(C(=O)c1ccc(-[n+]2[nH]nc3cccnc32)cc1F)[C@@H]1CCCN(C(=O)OC(C)(C)C)C1. The lowest BCUT2D eigenvalue weighted by atomic mass is 10.0. The fraction of sp³-hybridized carbons (Fsp3) is 0.345. The van der Waals surface area contributed by atoms with Crippen molar-refractivity contribution < 1.29 is 37.7 Å². The molecule has 1 saturated heterocycles. The number of H-pyrrole nitrogens is 1. The molecule has 1 N–H and O–H groups in total. The van der Waals surface area contributed by atoms with Crippen LogP contribution in [0.5, 0.6) is 0 Å². The van der Waals surface area contributed by atoms with E-state index in [9.17, 15) is 19.6 Å². The number of carbonyl (C=O) groups is 3. The first kappa shape index (κ1) is 29.4. The molecule has 1 fully saturated rings. The predicted octanol–water partition coefficient (Wildman–Crippen LogP) is 2.84. The second kappa shape index (κ2) is 11.6. The Hall–Kier alpha value is -5.14. The summed E-state index contributed by atoms with van der Waals surface area (Å²) in [6, 6.07) is 9.28. The van der Waals surface area contributed by atoms with E-state index in [0.717, 1.165) is 24.3 Å². The topological polar surface area (TPSA) is 149 Å². The van der Waals surface area contributed by atoms with Gasteiger partial charge in [0.15, 0.2) is 0 Å². The van der Waals surface area contributed by atoms with Gasteiger partial charge in [-0.1, -0.05) is 0 Å². The molecule has 14 heteroatoms. The summed E-state index contributed by atoms with van der Waals surface area (Å²) >= 11 is 0. The van der Waals surface area contributed by atoms with Crippen molar-refractivity contribution in [2.24, 2.45) is 0 Å². The zero-order chi connectivity index (χ0) is 30.9. The molecule has 4 heterocycles. The van der Waals surface area contributed by atoms with Crippen molar-refractivity contribution in [2.75, 3.05) is 25.1 Å². The molecule has 3 aromatic heterocycles. The van der Waals surface area contributed by atoms with Gasteiger partial charge in [-0.05, 0) is 75.1 Å². The number of halogens is 1. The number of anilines is 1. The molecule has 0 saturated carbocycles. The Balaban J connectivity index is 1.57. The summed E-state index contributed by atoms with van der Waals surface area (Å²) in [6.07, 6.45) is 2.94. The van der Waals surface area contributed by atoms with E-state index >= 15 is 4.39 Å². The van der Waals surface area contributed by atoms with Crippen LogP contribution in [0.15, 0.2) is 54.9 Å². The van der Waals surface area contributed by atoms with E-state index in [-0.39, 0.29) is 23.5 Å². The normalized spacial score (nSPS) is 15.3. The molecule has 43 heavy (non-hydrogen) atoms. The summed E-state index contributed by atoms with van der Waals surface area (Å²) in [7, 11) is 1.15. The van der Waals surface area contributed by atoms with Gasteiger partial charge in [0.05, 0.1) is 19.9 Å². The number of methoxy groups -OCH3 is 1. The molecule has 0 unspecified atom stereocenters. The van der Waals surface area contributed by atoms with Crippen molar-refractivity contribution >= 4 is 35.0 Å². The summed E-state index contributed by atoms with van der Waals surface area (Å²) in [6.45, 7) is 5.55. The van der Waals surface area contributed by atoms with Crippen LogP contribution in [-0.2, 0) is 9.47 Å². The molecule has 1 aliphatic heterocycles. The first-order valence-electron chi connectivity index (χ1n) is 13.6. The van der Waals surface area contributed by atoms with Gasteiger partial charge in [-0.3, -0.25) is 0 Å². The zero-order valence-corrected chi connectivity index (χ0v) is 24.1. The molecule has 4 aromatic rings. The lowest BCUT2D eigenvalue weighted by Crippen LogP contribution is -2.56. The second-order valence-corrected chi connectivity index (χ2v) is 11.0. The van der Waals surface area contributed by atoms with E-state index in [1.54, 1.807) is 39.1 Å². The molecule has 2 amide bonds. The minimum Gasteiger partial charge on any atom is -0.711 e. The van der Waals surface area contributed by atoms with Gasteiger partial charge < -0.3 is 19.6 Å². The second-order valence-electron chi connectivity index (χ2n) is 11.0. The van der Waals surface area contributed by atoms with Crippen LogP contribution < -0.4 is 14.3 Å². The summed E-state index contributed by atoms with van der Waals surface area (Å²) in [5, 5.41) is 20.1. The summed E-state index contributed by atoms with van der Waals surface area (Å²) in [4.78, 5) is 46.6. The van der Waals surface area contributed by atoms with Gasteiger partial charge in [-0.25, -0.2) is 23.5 Å². The van der Waals surface area contributed by atoms with Crippen LogP contribution in [0.25, 0.3) is 16.9 Å². The van der Waals surface area contributed by atoms with Crippen LogP contribution in [0.3, 0.4) is 0 Å². The number of benzene rings is 1. The number of carbonyl (C=O) groups excluding carboxylic acids is 3. The van der Waals surface area contributed by atoms with Gasteiger partial charge in [-0.15, -0.1) is 14.9 Å². The first-order chi connectivity index (χ1) is 20.5. The molecule has 1 aromatic carbocycles. The van der Waals surface area contributed by atoms with Crippen LogP contribution in [0.1, 0.15) is 54.3 Å². The Kier molecular flexibility index (Phi) is 7.93.